The Kier molecular flexibility index (Phi) is 5.05. The molecule has 29 heavy (non-hydrogen) atoms. The van der Waals surface area contributed by atoms with Crippen molar-refractivity contribution >= 4 is 33.0 Å². The number of hydrogen-bond donors (Lipinski definition) is 0. The third-order valence-corrected chi connectivity index (χ3v) is 6.09. The maximum atomic E-state index is 11.7. The van der Waals surface area contributed by atoms with Gasteiger partial charge in [-0.25, -0.2) is 8.42 Å². The number of anilines is 1. The van der Waals surface area contributed by atoms with Crippen LogP contribution in [0, 0.1) is 0 Å². The lowest BCUT2D eigenvalue weighted by atomic mass is 10.1. The van der Waals surface area contributed by atoms with Crippen molar-refractivity contribution in [3.63, 3.8) is 0 Å². The number of hydrogen-bond acceptors (Lipinski definition) is 9. The van der Waals surface area contributed by atoms with Gasteiger partial charge < -0.3 is 9.42 Å². The molecule has 0 atom stereocenters. The molecular weight excluding hydrogens is 410 g/mol. The molecule has 0 unspecified atom stereocenters. The Bertz CT molecular complexity index is 1190. The Morgan fingerprint density at radius 1 is 1.17 bits per heavy atom. The molecule has 0 N–H and O–H groups in total. The Morgan fingerprint density at radius 3 is 2.52 bits per heavy atom. The van der Waals surface area contributed by atoms with Crippen molar-refractivity contribution in [2.24, 2.45) is 0 Å². The Labute approximate surface area is 172 Å². The molecule has 8 nitrogen and oxygen atoms in total. The van der Waals surface area contributed by atoms with Crippen molar-refractivity contribution < 1.29 is 12.9 Å². The van der Waals surface area contributed by atoms with Gasteiger partial charge in [0, 0.05) is 36.1 Å². The minimum absolute atomic E-state index is 0.204. The molecule has 2 aromatic heterocycles. The third-order valence-electron chi connectivity index (χ3n) is 4.45. The Hall–Kier alpha value is -2.85. The molecule has 0 radical (unpaired) electrons. The SMILES string of the molecule is CC(C)c1noc(C2=CCN(c3nsnc3-c3ccc(S(C)(=O)=O)cc3)C=C2)n1. The Morgan fingerprint density at radius 2 is 1.93 bits per heavy atom. The fraction of sp³-hybridized carbons (Fsp3) is 0.263. The summed E-state index contributed by atoms with van der Waals surface area (Å²) in [5, 5.41) is 4.00. The van der Waals surface area contributed by atoms with Gasteiger partial charge in [0.15, 0.2) is 21.5 Å². The molecule has 4 rings (SSSR count). The zero-order valence-corrected chi connectivity index (χ0v) is 17.7. The van der Waals surface area contributed by atoms with Crippen LogP contribution >= 0.6 is 11.7 Å². The summed E-state index contributed by atoms with van der Waals surface area (Å²) in [5.41, 5.74) is 2.38. The molecule has 1 aliphatic rings. The standard InChI is InChI=1S/C19H19N5O3S2/c1-12(2)17-20-19(27-21-17)14-8-10-24(11-9-14)18-16(22-28-23-18)13-4-6-15(7-5-13)29(3,25)26/h4-10,12H,11H2,1-3H3. The first-order chi connectivity index (χ1) is 13.8. The number of sulfone groups is 1. The smallest absolute Gasteiger partial charge is 0.257 e. The van der Waals surface area contributed by atoms with E-state index in [2.05, 4.69) is 18.9 Å². The van der Waals surface area contributed by atoms with E-state index in [-0.39, 0.29) is 10.8 Å². The van der Waals surface area contributed by atoms with Crippen LogP contribution in [0.25, 0.3) is 16.8 Å². The van der Waals surface area contributed by atoms with Crippen molar-refractivity contribution in [2.45, 2.75) is 24.7 Å². The van der Waals surface area contributed by atoms with E-state index in [1.54, 1.807) is 24.3 Å². The van der Waals surface area contributed by atoms with E-state index in [1.807, 2.05) is 37.1 Å². The van der Waals surface area contributed by atoms with Gasteiger partial charge in [-0.2, -0.15) is 13.7 Å². The third kappa shape index (κ3) is 3.99. The second kappa shape index (κ2) is 7.53. The minimum atomic E-state index is -3.24. The summed E-state index contributed by atoms with van der Waals surface area (Å²) in [6.07, 6.45) is 6.98. The van der Waals surface area contributed by atoms with Gasteiger partial charge in [0.2, 0.25) is 0 Å². The average molecular weight is 430 g/mol. The van der Waals surface area contributed by atoms with Crippen molar-refractivity contribution in [3.05, 3.63) is 54.3 Å². The van der Waals surface area contributed by atoms with Crippen LogP contribution in [0.2, 0.25) is 0 Å². The summed E-state index contributed by atoms with van der Waals surface area (Å²) in [6.45, 7) is 4.60. The summed E-state index contributed by atoms with van der Waals surface area (Å²) < 4.78 is 37.5. The zero-order chi connectivity index (χ0) is 20.6. The van der Waals surface area contributed by atoms with E-state index in [9.17, 15) is 8.42 Å². The van der Waals surface area contributed by atoms with Gasteiger partial charge in [-0.1, -0.05) is 37.2 Å². The zero-order valence-electron chi connectivity index (χ0n) is 16.1. The van der Waals surface area contributed by atoms with E-state index in [0.717, 1.165) is 22.9 Å². The molecule has 0 fully saturated rings. The van der Waals surface area contributed by atoms with Crippen LogP contribution in [-0.4, -0.2) is 40.1 Å². The van der Waals surface area contributed by atoms with Crippen LogP contribution in [-0.2, 0) is 9.84 Å². The topological polar surface area (TPSA) is 102 Å². The quantitative estimate of drug-likeness (QED) is 0.607. The average Bonchev–Trinajstić information content (AvgIpc) is 3.37. The maximum absolute atomic E-state index is 11.7. The molecule has 1 aliphatic heterocycles. The molecule has 0 saturated heterocycles. The number of rotatable bonds is 5. The van der Waals surface area contributed by atoms with Crippen molar-refractivity contribution in [3.8, 4) is 11.3 Å². The van der Waals surface area contributed by atoms with E-state index in [0.29, 0.717) is 29.8 Å². The highest BCUT2D eigenvalue weighted by molar-refractivity contribution is 7.90. The number of allylic oxidation sites excluding steroid dienone is 2. The van der Waals surface area contributed by atoms with Crippen molar-refractivity contribution in [2.75, 3.05) is 17.7 Å². The molecule has 3 heterocycles. The fourth-order valence-electron chi connectivity index (χ4n) is 2.81. The summed E-state index contributed by atoms with van der Waals surface area (Å²) in [6, 6.07) is 6.66. The van der Waals surface area contributed by atoms with Crippen LogP contribution < -0.4 is 4.90 Å². The highest BCUT2D eigenvalue weighted by atomic mass is 32.2. The molecule has 0 aliphatic carbocycles. The highest BCUT2D eigenvalue weighted by Gasteiger charge is 2.20. The second-order valence-electron chi connectivity index (χ2n) is 6.97. The predicted molar refractivity (Wildman–Crippen MR) is 111 cm³/mol. The minimum Gasteiger partial charge on any atom is -0.334 e. The molecule has 150 valence electrons. The molecule has 10 heteroatoms. The van der Waals surface area contributed by atoms with Crippen molar-refractivity contribution in [1.29, 1.82) is 0 Å². The summed E-state index contributed by atoms with van der Waals surface area (Å²) in [4.78, 5) is 6.66. The number of nitrogens with zero attached hydrogens (tertiary/aromatic N) is 5. The molecule has 3 aromatic rings. The molecule has 1 aromatic carbocycles. The van der Waals surface area contributed by atoms with Crippen LogP contribution in [0.5, 0.6) is 0 Å². The monoisotopic (exact) mass is 429 g/mol. The van der Waals surface area contributed by atoms with Gasteiger partial charge >= 0.3 is 0 Å². The van der Waals surface area contributed by atoms with E-state index >= 15 is 0 Å². The fourth-order valence-corrected chi connectivity index (χ4v) is 4.02. The van der Waals surface area contributed by atoms with Crippen LogP contribution in [0.4, 0.5) is 5.82 Å². The van der Waals surface area contributed by atoms with E-state index in [4.69, 9.17) is 4.52 Å². The van der Waals surface area contributed by atoms with Gasteiger partial charge in [-0.3, -0.25) is 0 Å². The predicted octanol–water partition coefficient (Wildman–Crippen LogP) is 3.53. The lowest BCUT2D eigenvalue weighted by Crippen LogP contribution is -2.19. The molecular formula is C19H19N5O3S2. The first kappa shape index (κ1) is 19.5. The van der Waals surface area contributed by atoms with Crippen LogP contribution in [0.3, 0.4) is 0 Å². The summed E-state index contributed by atoms with van der Waals surface area (Å²) in [7, 11) is -3.24. The van der Waals surface area contributed by atoms with Gasteiger partial charge in [-0.15, -0.1) is 0 Å². The normalized spacial score (nSPS) is 14.5. The maximum Gasteiger partial charge on any atom is 0.257 e. The molecule has 0 bridgehead atoms. The molecule has 0 spiro atoms. The molecule has 0 saturated carbocycles. The second-order valence-corrected chi connectivity index (χ2v) is 9.52. The lowest BCUT2D eigenvalue weighted by Gasteiger charge is -2.20. The van der Waals surface area contributed by atoms with Gasteiger partial charge in [0.1, 0.15) is 5.69 Å². The first-order valence-corrected chi connectivity index (χ1v) is 11.6. The van der Waals surface area contributed by atoms with E-state index in [1.165, 1.54) is 6.26 Å². The summed E-state index contributed by atoms with van der Waals surface area (Å²) in [5.74, 6) is 2.09. The number of benzene rings is 1. The number of aromatic nitrogens is 4. The first-order valence-electron chi connectivity index (χ1n) is 8.95. The van der Waals surface area contributed by atoms with Gasteiger partial charge in [-0.05, 0) is 18.2 Å². The van der Waals surface area contributed by atoms with Crippen molar-refractivity contribution in [1.82, 2.24) is 18.9 Å². The largest absolute Gasteiger partial charge is 0.334 e. The highest BCUT2D eigenvalue weighted by Crippen LogP contribution is 2.31. The van der Waals surface area contributed by atoms with Gasteiger partial charge in [0.05, 0.1) is 16.6 Å². The van der Waals surface area contributed by atoms with Crippen LogP contribution in [0.15, 0.2) is 52.0 Å². The van der Waals surface area contributed by atoms with Crippen LogP contribution in [0.1, 0.15) is 31.5 Å². The van der Waals surface area contributed by atoms with E-state index < -0.39 is 9.84 Å². The Balaban J connectivity index is 1.55. The summed E-state index contributed by atoms with van der Waals surface area (Å²) >= 11 is 1.11. The van der Waals surface area contributed by atoms with Gasteiger partial charge in [0.25, 0.3) is 5.89 Å². The molecule has 0 amide bonds. The lowest BCUT2D eigenvalue weighted by molar-refractivity contribution is 0.398.